The highest BCUT2D eigenvalue weighted by Gasteiger charge is 2.44. The van der Waals surface area contributed by atoms with Crippen molar-refractivity contribution in [3.05, 3.63) is 12.2 Å². The molecule has 0 radical (unpaired) electrons. The standard InChI is InChI=1S/C38H61N7O12/c1-22(2)29-34(50)41-24(31(47)39-19-28(46)54-8)20-55-17-9-10-18-56-21-25(32(48)42-30(23(3)4)35(51)43-29)40-33(49)26-13-11-15-44(26)36(52)27-14-12-16-45(27)37(53)57-38(5,6)7/h9-10,22-27,29-30H,11-21H2,1-8H3,(H,39,47)(H,40,49)(H,41,50)(H,42,48)(H,43,51)/b10-9+/t24?,25-,26-,27-,29-,30-/m0/s1. The molecule has 57 heavy (non-hydrogen) atoms. The fourth-order valence-corrected chi connectivity index (χ4v) is 6.52. The Labute approximate surface area is 334 Å². The maximum atomic E-state index is 13.9. The van der Waals surface area contributed by atoms with Crippen molar-refractivity contribution in [3.63, 3.8) is 0 Å². The van der Waals surface area contributed by atoms with Crippen LogP contribution in [0.25, 0.3) is 0 Å². The number of hydrogen-bond acceptors (Lipinski definition) is 12. The lowest BCUT2D eigenvalue weighted by Gasteiger charge is -2.33. The normalized spacial score (nSPS) is 26.4. The Hall–Kier alpha value is -4.78. The maximum absolute atomic E-state index is 13.9. The van der Waals surface area contributed by atoms with Gasteiger partial charge in [-0.3, -0.25) is 38.5 Å². The van der Waals surface area contributed by atoms with Crippen LogP contribution in [0.1, 0.15) is 74.1 Å². The van der Waals surface area contributed by atoms with Crippen molar-refractivity contribution in [1.82, 2.24) is 36.4 Å². The van der Waals surface area contributed by atoms with E-state index in [4.69, 9.17) is 14.2 Å². The number of likely N-dealkylation sites (tertiary alicyclic amines) is 2. The van der Waals surface area contributed by atoms with Crippen LogP contribution < -0.4 is 26.6 Å². The third-order valence-corrected chi connectivity index (χ3v) is 9.56. The zero-order valence-electron chi connectivity index (χ0n) is 34.3. The van der Waals surface area contributed by atoms with Crippen molar-refractivity contribution in [2.75, 3.05) is 53.2 Å². The first-order valence-electron chi connectivity index (χ1n) is 19.5. The lowest BCUT2D eigenvalue weighted by atomic mass is 9.99. The van der Waals surface area contributed by atoms with Gasteiger partial charge < -0.3 is 50.4 Å². The quantitative estimate of drug-likeness (QED) is 0.154. The summed E-state index contributed by atoms with van der Waals surface area (Å²) in [4.78, 5) is 109. The Morgan fingerprint density at radius 1 is 0.789 bits per heavy atom. The first-order valence-corrected chi connectivity index (χ1v) is 19.5. The molecule has 0 aliphatic carbocycles. The predicted molar refractivity (Wildman–Crippen MR) is 204 cm³/mol. The zero-order chi connectivity index (χ0) is 42.4. The van der Waals surface area contributed by atoms with Crippen molar-refractivity contribution in [2.45, 2.75) is 116 Å². The molecule has 3 aliphatic rings. The van der Waals surface area contributed by atoms with E-state index in [1.165, 1.54) is 16.9 Å². The van der Waals surface area contributed by atoms with Crippen LogP contribution in [-0.4, -0.2) is 152 Å². The van der Waals surface area contributed by atoms with Crippen molar-refractivity contribution in [1.29, 1.82) is 0 Å². The van der Waals surface area contributed by atoms with Gasteiger partial charge in [-0.25, -0.2) is 4.79 Å². The van der Waals surface area contributed by atoms with E-state index in [0.717, 1.165) is 0 Å². The lowest BCUT2D eigenvalue weighted by molar-refractivity contribution is -0.143. The van der Waals surface area contributed by atoms with Gasteiger partial charge in [-0.15, -0.1) is 0 Å². The third-order valence-electron chi connectivity index (χ3n) is 9.56. The molecule has 0 spiro atoms. The highest BCUT2D eigenvalue weighted by Crippen LogP contribution is 2.26. The molecule has 0 aromatic rings. The fraction of sp³-hybridized carbons (Fsp3) is 0.737. The Bertz CT molecular complexity index is 1500. The molecule has 1 unspecified atom stereocenters. The van der Waals surface area contributed by atoms with Crippen LogP contribution in [0.2, 0.25) is 0 Å². The van der Waals surface area contributed by atoms with Crippen molar-refractivity contribution in [2.24, 2.45) is 11.8 Å². The van der Waals surface area contributed by atoms with Crippen molar-refractivity contribution >= 4 is 47.5 Å². The monoisotopic (exact) mass is 807 g/mol. The molecule has 320 valence electrons. The number of methoxy groups -OCH3 is 1. The number of rotatable bonds is 8. The summed E-state index contributed by atoms with van der Waals surface area (Å²) >= 11 is 0. The van der Waals surface area contributed by atoms with Crippen LogP contribution in [0.15, 0.2) is 12.2 Å². The van der Waals surface area contributed by atoms with Gasteiger partial charge in [-0.05, 0) is 58.3 Å². The van der Waals surface area contributed by atoms with E-state index in [-0.39, 0.29) is 38.9 Å². The summed E-state index contributed by atoms with van der Waals surface area (Å²) in [6.45, 7) is 11.6. The number of carbonyl (C=O) groups excluding carboxylic acids is 8. The Balaban J connectivity index is 1.81. The van der Waals surface area contributed by atoms with E-state index in [0.29, 0.717) is 32.2 Å². The summed E-state index contributed by atoms with van der Waals surface area (Å²) in [6, 6.07) is -6.55. The van der Waals surface area contributed by atoms with E-state index in [1.54, 1.807) is 60.6 Å². The summed E-state index contributed by atoms with van der Waals surface area (Å²) in [7, 11) is 1.17. The second-order valence-electron chi connectivity index (χ2n) is 15.9. The van der Waals surface area contributed by atoms with Crippen molar-refractivity contribution < 1.29 is 57.3 Å². The molecule has 0 bridgehead atoms. The van der Waals surface area contributed by atoms with Crippen LogP contribution in [0.3, 0.4) is 0 Å². The molecule has 6 atom stereocenters. The summed E-state index contributed by atoms with van der Waals surface area (Å²) in [5.74, 6) is -5.45. The minimum atomic E-state index is -1.29. The lowest BCUT2D eigenvalue weighted by Crippen LogP contribution is -2.62. The minimum Gasteiger partial charge on any atom is -0.468 e. The minimum absolute atomic E-state index is 0.00102. The van der Waals surface area contributed by atoms with Gasteiger partial charge in [0.2, 0.25) is 35.4 Å². The molecule has 0 aromatic carbocycles. The van der Waals surface area contributed by atoms with Gasteiger partial charge in [0.15, 0.2) is 0 Å². The van der Waals surface area contributed by atoms with E-state index in [9.17, 15) is 38.4 Å². The van der Waals surface area contributed by atoms with Crippen molar-refractivity contribution in [3.8, 4) is 0 Å². The molecule has 19 heteroatoms. The molecule has 19 nitrogen and oxygen atoms in total. The Kier molecular flexibility index (Phi) is 17.7. The van der Waals surface area contributed by atoms with Gasteiger partial charge >= 0.3 is 12.1 Å². The summed E-state index contributed by atoms with van der Waals surface area (Å²) < 4.78 is 21.5. The molecular weight excluding hydrogens is 746 g/mol. The van der Waals surface area contributed by atoms with Crippen LogP contribution in [0.5, 0.6) is 0 Å². The largest absolute Gasteiger partial charge is 0.468 e. The van der Waals surface area contributed by atoms with Gasteiger partial charge in [0.1, 0.15) is 48.4 Å². The highest BCUT2D eigenvalue weighted by molar-refractivity contribution is 5.97. The maximum Gasteiger partial charge on any atom is 0.410 e. The fourth-order valence-electron chi connectivity index (χ4n) is 6.52. The van der Waals surface area contributed by atoms with Gasteiger partial charge in [0.05, 0.1) is 33.5 Å². The van der Waals surface area contributed by atoms with Crippen LogP contribution in [-0.2, 0) is 52.5 Å². The Morgan fingerprint density at radius 3 is 1.91 bits per heavy atom. The summed E-state index contributed by atoms with van der Waals surface area (Å²) in [5, 5.41) is 13.1. The average Bonchev–Trinajstić information content (AvgIpc) is 3.84. The topological polar surface area (TPSA) is 240 Å². The van der Waals surface area contributed by atoms with Crippen LogP contribution >= 0.6 is 0 Å². The SMILES string of the molecule is COC(=O)CNC(=O)C1COC/C=C/COC[C@H](NC(=O)[C@@H]2CCCN2C(=O)[C@@H]2CCCN2C(=O)OC(C)(C)C)C(=O)N[C@@H](C(C)C)C(=O)N[C@@H](C(C)C)C(=O)N1. The number of esters is 1. The molecule has 2 fully saturated rings. The molecule has 7 amide bonds. The second kappa shape index (κ2) is 21.7. The molecule has 3 rings (SSSR count). The van der Waals surface area contributed by atoms with Crippen LogP contribution in [0, 0.1) is 11.8 Å². The number of nitrogens with one attached hydrogen (secondary N) is 5. The van der Waals surface area contributed by atoms with Gasteiger partial charge in [0.25, 0.3) is 0 Å². The molecule has 0 saturated carbocycles. The number of ether oxygens (including phenoxy) is 4. The smallest absolute Gasteiger partial charge is 0.410 e. The molecule has 2 saturated heterocycles. The molecule has 5 N–H and O–H groups in total. The number of nitrogens with zero attached hydrogens (tertiary/aromatic N) is 2. The number of amides is 7. The van der Waals surface area contributed by atoms with Gasteiger partial charge in [-0.2, -0.15) is 0 Å². The summed E-state index contributed by atoms with van der Waals surface area (Å²) in [6.07, 6.45) is 4.48. The molecule has 3 heterocycles. The van der Waals surface area contributed by atoms with Crippen LogP contribution in [0.4, 0.5) is 4.79 Å². The van der Waals surface area contributed by atoms with E-state index >= 15 is 0 Å². The molecular formula is C38H61N7O12. The third kappa shape index (κ3) is 14.0. The molecule has 3 aliphatic heterocycles. The second-order valence-corrected chi connectivity index (χ2v) is 15.9. The van der Waals surface area contributed by atoms with E-state index in [2.05, 4.69) is 31.3 Å². The van der Waals surface area contributed by atoms with Gasteiger partial charge in [0, 0.05) is 13.1 Å². The first kappa shape index (κ1) is 46.6. The van der Waals surface area contributed by atoms with Gasteiger partial charge in [-0.1, -0.05) is 39.8 Å². The number of hydrogen-bond donors (Lipinski definition) is 5. The highest BCUT2D eigenvalue weighted by atomic mass is 16.6. The summed E-state index contributed by atoms with van der Waals surface area (Å²) in [5.41, 5.74) is -0.754. The zero-order valence-corrected chi connectivity index (χ0v) is 34.3. The van der Waals surface area contributed by atoms with E-state index < -0.39 is 102 Å². The Morgan fingerprint density at radius 2 is 1.33 bits per heavy atom. The molecule has 0 aromatic heterocycles. The number of carbonyl (C=O) groups is 8. The average molecular weight is 808 g/mol. The predicted octanol–water partition coefficient (Wildman–Crippen LogP) is -0.480. The van der Waals surface area contributed by atoms with E-state index in [1.807, 2.05) is 0 Å². The first-order chi connectivity index (χ1) is 26.8.